The molecule has 0 saturated carbocycles. The largest absolute Gasteiger partial charge is 0.507 e. The highest BCUT2D eigenvalue weighted by Gasteiger charge is 2.31. The van der Waals surface area contributed by atoms with Crippen LogP contribution in [0.4, 0.5) is 0 Å². The van der Waals surface area contributed by atoms with E-state index in [1.807, 2.05) is 19.2 Å². The van der Waals surface area contributed by atoms with Crippen molar-refractivity contribution >= 4 is 11.9 Å². The Morgan fingerprint density at radius 1 is 1.17 bits per heavy atom. The molecule has 2 aromatic rings. The minimum absolute atomic E-state index is 0.125. The third-order valence-electron chi connectivity index (χ3n) is 4.96. The topological polar surface area (TPSA) is 68.2 Å². The lowest BCUT2D eigenvalue weighted by Gasteiger charge is -2.18. The molecule has 154 valence electrons. The van der Waals surface area contributed by atoms with Crippen molar-refractivity contribution in [1.82, 2.24) is 4.90 Å². The molecule has 0 bridgehead atoms. The Balaban J connectivity index is 1.95. The van der Waals surface area contributed by atoms with Crippen molar-refractivity contribution in [3.8, 4) is 23.0 Å². The van der Waals surface area contributed by atoms with Crippen LogP contribution in [0, 0.1) is 0 Å². The van der Waals surface area contributed by atoms with Gasteiger partial charge in [-0.15, -0.1) is 0 Å². The highest BCUT2D eigenvalue weighted by molar-refractivity contribution is 6.15. The van der Waals surface area contributed by atoms with Gasteiger partial charge in [0.05, 0.1) is 25.3 Å². The van der Waals surface area contributed by atoms with Gasteiger partial charge in [0.15, 0.2) is 17.3 Å². The quantitative estimate of drug-likeness (QED) is 0.672. The molecule has 0 aromatic heterocycles. The summed E-state index contributed by atoms with van der Waals surface area (Å²) in [6.07, 6.45) is 3.80. The number of hydrogen-bond acceptors (Lipinski definition) is 6. The van der Waals surface area contributed by atoms with Gasteiger partial charge in [-0.3, -0.25) is 4.79 Å². The average molecular weight is 397 g/mol. The van der Waals surface area contributed by atoms with Gasteiger partial charge < -0.3 is 24.2 Å². The predicted octanol–water partition coefficient (Wildman–Crippen LogP) is 4.26. The number of rotatable bonds is 8. The van der Waals surface area contributed by atoms with Crippen molar-refractivity contribution in [3.63, 3.8) is 0 Å². The van der Waals surface area contributed by atoms with E-state index in [9.17, 15) is 9.90 Å². The standard InChI is InChI=1S/C23H27NO5/c1-5-6-12-24(2)14-17-18(25)11-10-16-21(26)20(29-23(16)17)13-15-8-7-9-19(27-3)22(15)28-4/h7-11,13,25H,5-6,12,14H2,1-4H3. The minimum atomic E-state index is -0.220. The smallest absolute Gasteiger partial charge is 0.231 e. The maximum absolute atomic E-state index is 12.9. The van der Waals surface area contributed by atoms with E-state index < -0.39 is 0 Å². The zero-order valence-electron chi connectivity index (χ0n) is 17.3. The number of nitrogens with zero attached hydrogens (tertiary/aromatic N) is 1. The number of carbonyl (C=O) groups is 1. The van der Waals surface area contributed by atoms with Crippen molar-refractivity contribution in [2.45, 2.75) is 26.3 Å². The van der Waals surface area contributed by atoms with E-state index in [0.29, 0.717) is 40.5 Å². The number of ether oxygens (including phenoxy) is 3. The first-order chi connectivity index (χ1) is 14.0. The molecule has 1 aliphatic heterocycles. The zero-order chi connectivity index (χ0) is 21.0. The average Bonchev–Trinajstić information content (AvgIpc) is 3.04. The Bertz CT molecular complexity index is 935. The number of allylic oxidation sites excluding steroid dienone is 1. The van der Waals surface area contributed by atoms with E-state index in [1.54, 1.807) is 38.5 Å². The number of phenols is 1. The van der Waals surface area contributed by atoms with Gasteiger partial charge in [-0.25, -0.2) is 0 Å². The summed E-state index contributed by atoms with van der Waals surface area (Å²) >= 11 is 0. The second kappa shape index (κ2) is 9.01. The number of aromatic hydroxyl groups is 1. The fourth-order valence-electron chi connectivity index (χ4n) is 3.39. The van der Waals surface area contributed by atoms with E-state index in [2.05, 4.69) is 11.8 Å². The van der Waals surface area contributed by atoms with E-state index in [4.69, 9.17) is 14.2 Å². The summed E-state index contributed by atoms with van der Waals surface area (Å²) in [5, 5.41) is 10.4. The van der Waals surface area contributed by atoms with Crippen LogP contribution in [0.3, 0.4) is 0 Å². The Hall–Kier alpha value is -2.99. The first kappa shape index (κ1) is 20.7. The number of Topliss-reactive ketones (excluding diaryl/α,β-unsaturated/α-hetero) is 1. The summed E-state index contributed by atoms with van der Waals surface area (Å²) in [6.45, 7) is 3.53. The molecule has 6 heteroatoms. The van der Waals surface area contributed by atoms with Crippen LogP contribution in [0.1, 0.15) is 41.3 Å². The molecular weight excluding hydrogens is 370 g/mol. The third-order valence-corrected chi connectivity index (χ3v) is 4.96. The second-order valence-corrected chi connectivity index (χ2v) is 7.05. The molecule has 1 heterocycles. The van der Waals surface area contributed by atoms with Crippen LogP contribution in [-0.4, -0.2) is 43.6 Å². The van der Waals surface area contributed by atoms with Gasteiger partial charge in [-0.1, -0.05) is 25.5 Å². The van der Waals surface area contributed by atoms with Crippen LogP contribution in [0.15, 0.2) is 36.1 Å². The number of hydrogen-bond donors (Lipinski definition) is 1. The van der Waals surface area contributed by atoms with Gasteiger partial charge in [-0.05, 0) is 44.3 Å². The Morgan fingerprint density at radius 3 is 2.66 bits per heavy atom. The molecule has 0 spiro atoms. The Kier molecular flexibility index (Phi) is 6.44. The lowest BCUT2D eigenvalue weighted by molar-refractivity contribution is 0.101. The van der Waals surface area contributed by atoms with E-state index >= 15 is 0 Å². The maximum Gasteiger partial charge on any atom is 0.231 e. The molecule has 0 atom stereocenters. The van der Waals surface area contributed by atoms with Gasteiger partial charge in [0.25, 0.3) is 0 Å². The van der Waals surface area contributed by atoms with Gasteiger partial charge in [0.2, 0.25) is 5.78 Å². The normalized spacial score (nSPS) is 14.2. The second-order valence-electron chi connectivity index (χ2n) is 7.05. The lowest BCUT2D eigenvalue weighted by atomic mass is 10.0. The van der Waals surface area contributed by atoms with Crippen molar-refractivity contribution in [3.05, 3.63) is 52.8 Å². The molecule has 1 aliphatic rings. The van der Waals surface area contributed by atoms with Gasteiger partial charge in [0.1, 0.15) is 11.5 Å². The van der Waals surface area contributed by atoms with E-state index in [-0.39, 0.29) is 17.3 Å². The molecule has 6 nitrogen and oxygen atoms in total. The molecule has 0 unspecified atom stereocenters. The third kappa shape index (κ3) is 4.22. The SMILES string of the molecule is CCCCN(C)Cc1c(O)ccc2c1OC(=Cc1cccc(OC)c1OC)C2=O. The maximum atomic E-state index is 12.9. The number of ketones is 1. The van der Waals surface area contributed by atoms with Crippen LogP contribution in [-0.2, 0) is 6.54 Å². The molecule has 3 rings (SSSR count). The molecule has 2 aromatic carbocycles. The monoisotopic (exact) mass is 397 g/mol. The van der Waals surface area contributed by atoms with Crippen molar-refractivity contribution in [2.75, 3.05) is 27.8 Å². The molecule has 0 aliphatic carbocycles. The number of fused-ring (bicyclic) bond motifs is 1. The Morgan fingerprint density at radius 2 is 1.97 bits per heavy atom. The Labute approximate surface area is 171 Å². The van der Waals surface area contributed by atoms with Crippen molar-refractivity contribution in [2.24, 2.45) is 0 Å². The number of methoxy groups -OCH3 is 2. The van der Waals surface area contributed by atoms with E-state index in [0.717, 1.165) is 19.4 Å². The zero-order valence-corrected chi connectivity index (χ0v) is 17.3. The number of para-hydroxylation sites is 1. The van der Waals surface area contributed by atoms with Crippen LogP contribution < -0.4 is 14.2 Å². The molecule has 0 saturated heterocycles. The fraction of sp³-hybridized carbons (Fsp3) is 0.348. The summed E-state index contributed by atoms with van der Waals surface area (Å²) in [5.74, 6) is 1.61. The molecule has 29 heavy (non-hydrogen) atoms. The van der Waals surface area contributed by atoms with Gasteiger partial charge in [-0.2, -0.15) is 0 Å². The molecule has 0 amide bonds. The summed E-state index contributed by atoms with van der Waals surface area (Å²) in [6, 6.07) is 8.59. The summed E-state index contributed by atoms with van der Waals surface area (Å²) in [4.78, 5) is 15.0. The molecule has 1 N–H and O–H groups in total. The summed E-state index contributed by atoms with van der Waals surface area (Å²) < 4.78 is 16.7. The molecular formula is C23H27NO5. The minimum Gasteiger partial charge on any atom is -0.507 e. The predicted molar refractivity (Wildman–Crippen MR) is 112 cm³/mol. The van der Waals surface area contributed by atoms with Crippen LogP contribution in [0.25, 0.3) is 6.08 Å². The number of carbonyl (C=O) groups excluding carboxylic acids is 1. The number of unbranched alkanes of at least 4 members (excludes halogenated alkanes) is 1. The van der Waals surface area contributed by atoms with Crippen LogP contribution in [0.2, 0.25) is 0 Å². The highest BCUT2D eigenvalue weighted by atomic mass is 16.5. The first-order valence-corrected chi connectivity index (χ1v) is 9.68. The van der Waals surface area contributed by atoms with Gasteiger partial charge in [0, 0.05) is 12.1 Å². The molecule has 0 radical (unpaired) electrons. The van der Waals surface area contributed by atoms with Crippen LogP contribution in [0.5, 0.6) is 23.0 Å². The first-order valence-electron chi connectivity index (χ1n) is 9.68. The number of benzene rings is 2. The van der Waals surface area contributed by atoms with Crippen molar-refractivity contribution < 1.29 is 24.1 Å². The molecule has 0 fully saturated rings. The fourth-order valence-corrected chi connectivity index (χ4v) is 3.39. The van der Waals surface area contributed by atoms with Crippen LogP contribution >= 0.6 is 0 Å². The lowest BCUT2D eigenvalue weighted by Crippen LogP contribution is -2.19. The highest BCUT2D eigenvalue weighted by Crippen LogP contribution is 2.41. The summed E-state index contributed by atoms with van der Waals surface area (Å²) in [5.41, 5.74) is 1.75. The van der Waals surface area contributed by atoms with Gasteiger partial charge >= 0.3 is 0 Å². The number of phenolic OH excluding ortho intramolecular Hbond substituents is 1. The van der Waals surface area contributed by atoms with E-state index in [1.165, 1.54) is 0 Å². The van der Waals surface area contributed by atoms with Crippen molar-refractivity contribution in [1.29, 1.82) is 0 Å². The summed E-state index contributed by atoms with van der Waals surface area (Å²) in [7, 11) is 5.10.